The number of carbonyl (C=O) groups is 2. The van der Waals surface area contributed by atoms with E-state index in [2.05, 4.69) is 13.2 Å². The Morgan fingerprint density at radius 3 is 1.48 bits per heavy atom. The van der Waals surface area contributed by atoms with Gasteiger partial charge >= 0.3 is 11.9 Å². The van der Waals surface area contributed by atoms with Crippen molar-refractivity contribution in [2.45, 2.75) is 19.6 Å². The maximum Gasteiger partial charge on any atom is 0.310 e. The van der Waals surface area contributed by atoms with Crippen LogP contribution in [-0.2, 0) is 32.3 Å². The Balaban J connectivity index is 1.72. The molecule has 1 fully saturated rings. The zero-order valence-corrected chi connectivity index (χ0v) is 16.4. The molecular formula is C25H26O4. The van der Waals surface area contributed by atoms with Crippen molar-refractivity contribution >= 4 is 11.9 Å². The van der Waals surface area contributed by atoms with E-state index in [1.807, 2.05) is 60.7 Å². The number of esters is 2. The Morgan fingerprint density at radius 2 is 1.14 bits per heavy atom. The Labute approximate surface area is 171 Å². The van der Waals surface area contributed by atoms with Crippen LogP contribution >= 0.6 is 0 Å². The fourth-order valence-electron chi connectivity index (χ4n) is 3.92. The molecule has 0 N–H and O–H groups in total. The standard InChI is InChI=1S/C25H26O4/c1-3-20-15-21(4-2)23(25(27)29-17-19-13-9-6-10-14-19)22(20)24(26)28-16-18-11-7-5-8-12-18/h3-14,20-23H,1-2,15-17H2. The lowest BCUT2D eigenvalue weighted by Gasteiger charge is -2.22. The van der Waals surface area contributed by atoms with Gasteiger partial charge in [0, 0.05) is 0 Å². The Bertz CT molecular complexity index is 772. The predicted octanol–water partition coefficient (Wildman–Crippen LogP) is 4.71. The van der Waals surface area contributed by atoms with Crippen LogP contribution in [-0.4, -0.2) is 11.9 Å². The molecule has 3 rings (SSSR count). The molecule has 29 heavy (non-hydrogen) atoms. The van der Waals surface area contributed by atoms with Gasteiger partial charge in [-0.05, 0) is 29.4 Å². The van der Waals surface area contributed by atoms with Crippen LogP contribution in [0.15, 0.2) is 86.0 Å². The molecule has 1 saturated carbocycles. The average Bonchev–Trinajstić information content (AvgIpc) is 3.16. The van der Waals surface area contributed by atoms with Crippen molar-refractivity contribution in [1.82, 2.24) is 0 Å². The molecule has 0 heterocycles. The summed E-state index contributed by atoms with van der Waals surface area (Å²) in [6.45, 7) is 8.05. The van der Waals surface area contributed by atoms with E-state index < -0.39 is 23.8 Å². The fourth-order valence-corrected chi connectivity index (χ4v) is 3.92. The Hall–Kier alpha value is -3.14. The van der Waals surface area contributed by atoms with E-state index in [9.17, 15) is 9.59 Å². The van der Waals surface area contributed by atoms with Crippen LogP contribution in [0.2, 0.25) is 0 Å². The minimum Gasteiger partial charge on any atom is -0.461 e. The SMILES string of the molecule is C=CC1CC(C=C)C(C(=O)OCc2ccccc2)C1C(=O)OCc1ccccc1. The lowest BCUT2D eigenvalue weighted by atomic mass is 9.87. The largest absolute Gasteiger partial charge is 0.461 e. The lowest BCUT2D eigenvalue weighted by Crippen LogP contribution is -2.33. The number of hydrogen-bond donors (Lipinski definition) is 0. The third-order valence-corrected chi connectivity index (χ3v) is 5.45. The predicted molar refractivity (Wildman–Crippen MR) is 111 cm³/mol. The second-order valence-corrected chi connectivity index (χ2v) is 7.27. The van der Waals surface area contributed by atoms with Gasteiger partial charge in [0.2, 0.25) is 0 Å². The number of carbonyl (C=O) groups excluding carboxylic acids is 2. The quantitative estimate of drug-likeness (QED) is 0.484. The summed E-state index contributed by atoms with van der Waals surface area (Å²) in [4.78, 5) is 25.9. The molecule has 0 saturated heterocycles. The van der Waals surface area contributed by atoms with E-state index in [0.717, 1.165) is 11.1 Å². The van der Waals surface area contributed by atoms with Crippen molar-refractivity contribution in [3.63, 3.8) is 0 Å². The second kappa shape index (κ2) is 9.87. The molecule has 0 radical (unpaired) electrons. The van der Waals surface area contributed by atoms with E-state index >= 15 is 0 Å². The van der Waals surface area contributed by atoms with Crippen molar-refractivity contribution in [2.75, 3.05) is 0 Å². The highest BCUT2D eigenvalue weighted by atomic mass is 16.5. The van der Waals surface area contributed by atoms with Crippen LogP contribution in [0, 0.1) is 23.7 Å². The highest BCUT2D eigenvalue weighted by molar-refractivity contribution is 5.84. The van der Waals surface area contributed by atoms with Crippen LogP contribution < -0.4 is 0 Å². The molecule has 4 heteroatoms. The van der Waals surface area contributed by atoms with Crippen LogP contribution in [0.4, 0.5) is 0 Å². The third-order valence-electron chi connectivity index (χ3n) is 5.45. The van der Waals surface area contributed by atoms with Crippen LogP contribution in [0.25, 0.3) is 0 Å². The summed E-state index contributed by atoms with van der Waals surface area (Å²) >= 11 is 0. The van der Waals surface area contributed by atoms with E-state index in [1.165, 1.54) is 0 Å². The maximum atomic E-state index is 12.9. The molecule has 0 spiro atoms. The molecule has 2 aromatic rings. The first-order valence-corrected chi connectivity index (χ1v) is 9.80. The molecular weight excluding hydrogens is 364 g/mol. The highest BCUT2D eigenvalue weighted by Gasteiger charge is 2.50. The zero-order chi connectivity index (χ0) is 20.6. The number of allylic oxidation sites excluding steroid dienone is 2. The monoisotopic (exact) mass is 390 g/mol. The molecule has 4 unspecified atom stereocenters. The van der Waals surface area contributed by atoms with Crippen LogP contribution in [0.3, 0.4) is 0 Å². The van der Waals surface area contributed by atoms with Crippen LogP contribution in [0.1, 0.15) is 17.5 Å². The second-order valence-electron chi connectivity index (χ2n) is 7.27. The van der Waals surface area contributed by atoms with E-state index in [4.69, 9.17) is 9.47 Å². The lowest BCUT2D eigenvalue weighted by molar-refractivity contribution is -0.162. The normalized spacial score (nSPS) is 23.2. The topological polar surface area (TPSA) is 52.6 Å². The van der Waals surface area contributed by atoms with Crippen molar-refractivity contribution < 1.29 is 19.1 Å². The molecule has 150 valence electrons. The van der Waals surface area contributed by atoms with Crippen LogP contribution in [0.5, 0.6) is 0 Å². The molecule has 2 aromatic carbocycles. The molecule has 0 aliphatic heterocycles. The number of rotatable bonds is 8. The molecule has 1 aliphatic rings. The molecule has 0 bridgehead atoms. The maximum absolute atomic E-state index is 12.9. The smallest absolute Gasteiger partial charge is 0.310 e. The van der Waals surface area contributed by atoms with E-state index in [-0.39, 0.29) is 25.0 Å². The van der Waals surface area contributed by atoms with Gasteiger partial charge in [0.05, 0.1) is 11.8 Å². The number of hydrogen-bond acceptors (Lipinski definition) is 4. The number of benzene rings is 2. The van der Waals surface area contributed by atoms with E-state index in [0.29, 0.717) is 6.42 Å². The van der Waals surface area contributed by atoms with Gasteiger partial charge in [0.15, 0.2) is 0 Å². The molecule has 4 nitrogen and oxygen atoms in total. The Morgan fingerprint density at radius 1 is 0.759 bits per heavy atom. The average molecular weight is 390 g/mol. The van der Waals surface area contributed by atoms with Crippen molar-refractivity contribution in [3.8, 4) is 0 Å². The van der Waals surface area contributed by atoms with Crippen molar-refractivity contribution in [2.24, 2.45) is 23.7 Å². The molecule has 4 atom stereocenters. The highest BCUT2D eigenvalue weighted by Crippen LogP contribution is 2.44. The summed E-state index contributed by atoms with van der Waals surface area (Å²) in [5, 5.41) is 0. The summed E-state index contributed by atoms with van der Waals surface area (Å²) in [5.74, 6) is -2.36. The van der Waals surface area contributed by atoms with Gasteiger partial charge in [-0.3, -0.25) is 9.59 Å². The summed E-state index contributed by atoms with van der Waals surface area (Å²) in [6, 6.07) is 19.0. The number of ether oxygens (including phenoxy) is 2. The van der Waals surface area contributed by atoms with Crippen molar-refractivity contribution in [1.29, 1.82) is 0 Å². The fraction of sp³-hybridized carbons (Fsp3) is 0.280. The molecule has 0 amide bonds. The minimum atomic E-state index is -0.623. The summed E-state index contributed by atoms with van der Waals surface area (Å²) < 4.78 is 11.1. The van der Waals surface area contributed by atoms with Gasteiger partial charge < -0.3 is 9.47 Å². The van der Waals surface area contributed by atoms with E-state index in [1.54, 1.807) is 12.2 Å². The van der Waals surface area contributed by atoms with Gasteiger partial charge in [0.1, 0.15) is 13.2 Å². The summed E-state index contributed by atoms with van der Waals surface area (Å²) in [6.07, 6.45) is 4.09. The first-order chi connectivity index (χ1) is 14.1. The van der Waals surface area contributed by atoms with Gasteiger partial charge in [-0.15, -0.1) is 13.2 Å². The molecule has 1 aliphatic carbocycles. The van der Waals surface area contributed by atoms with Gasteiger partial charge in [-0.1, -0.05) is 72.8 Å². The Kier molecular flexibility index (Phi) is 7.01. The third kappa shape index (κ3) is 5.02. The minimum absolute atomic E-state index is 0.157. The van der Waals surface area contributed by atoms with Gasteiger partial charge in [0.25, 0.3) is 0 Å². The van der Waals surface area contributed by atoms with Gasteiger partial charge in [-0.25, -0.2) is 0 Å². The summed E-state index contributed by atoms with van der Waals surface area (Å²) in [7, 11) is 0. The van der Waals surface area contributed by atoms with Gasteiger partial charge in [-0.2, -0.15) is 0 Å². The first-order valence-electron chi connectivity index (χ1n) is 9.80. The summed E-state index contributed by atoms with van der Waals surface area (Å²) in [5.41, 5.74) is 1.80. The van der Waals surface area contributed by atoms with Crippen molar-refractivity contribution in [3.05, 3.63) is 97.1 Å². The molecule has 0 aromatic heterocycles. The first kappa shape index (κ1) is 20.6. The zero-order valence-electron chi connectivity index (χ0n) is 16.4.